The second kappa shape index (κ2) is 11.5. The molecule has 1 atom stereocenters. The van der Waals surface area contributed by atoms with E-state index in [4.69, 9.17) is 19.4 Å². The molecule has 9 nitrogen and oxygen atoms in total. The van der Waals surface area contributed by atoms with Crippen molar-refractivity contribution in [2.45, 2.75) is 51.0 Å². The standard InChI is InChI=1S/C33H33N5O4/c39-33(40)25-8-9-29-30(17-25)38(19-26-12-15-41-26)31(35-29)20-37-13-10-23(11-14-37)28-6-3-7-32(36-28)42-21-22-16-24-4-1-2-5-27(24)34-18-22/h1-9,16-18,23,26H,10-15,19-21H2,(H,39,40)/t26-/m0/s1. The van der Waals surface area contributed by atoms with Gasteiger partial charge in [0, 0.05) is 41.4 Å². The summed E-state index contributed by atoms with van der Waals surface area (Å²) in [5, 5.41) is 10.6. The normalized spacial score (nSPS) is 17.9. The minimum Gasteiger partial charge on any atom is -0.478 e. The first kappa shape index (κ1) is 26.6. The van der Waals surface area contributed by atoms with Gasteiger partial charge in [0.15, 0.2) is 0 Å². The molecule has 0 saturated carbocycles. The number of nitrogens with zero attached hydrogens (tertiary/aromatic N) is 5. The minimum absolute atomic E-state index is 0.151. The molecular weight excluding hydrogens is 530 g/mol. The van der Waals surface area contributed by atoms with Crippen LogP contribution in [0.15, 0.2) is 72.9 Å². The van der Waals surface area contributed by atoms with E-state index in [-0.39, 0.29) is 11.7 Å². The number of rotatable bonds is 9. The van der Waals surface area contributed by atoms with Crippen LogP contribution in [0.3, 0.4) is 0 Å². The minimum atomic E-state index is -0.929. The highest BCUT2D eigenvalue weighted by Gasteiger charge is 2.26. The average Bonchev–Trinajstić information content (AvgIpc) is 3.34. The third-order valence-corrected chi connectivity index (χ3v) is 8.40. The number of benzene rings is 2. The Labute approximate surface area is 243 Å². The molecule has 2 fully saturated rings. The molecule has 1 N–H and O–H groups in total. The van der Waals surface area contributed by atoms with Crippen molar-refractivity contribution in [3.05, 3.63) is 95.6 Å². The molecule has 7 rings (SSSR count). The van der Waals surface area contributed by atoms with Crippen molar-refractivity contribution in [2.24, 2.45) is 0 Å². The van der Waals surface area contributed by atoms with Crippen LogP contribution >= 0.6 is 0 Å². The lowest BCUT2D eigenvalue weighted by Crippen LogP contribution is -2.35. The quantitative estimate of drug-likeness (QED) is 0.254. The number of para-hydroxylation sites is 1. The maximum Gasteiger partial charge on any atom is 0.335 e. The van der Waals surface area contributed by atoms with E-state index in [1.54, 1.807) is 12.1 Å². The van der Waals surface area contributed by atoms with Gasteiger partial charge < -0.3 is 19.1 Å². The fraction of sp³-hybridized carbons (Fsp3) is 0.333. The number of carbonyl (C=O) groups is 1. The molecular formula is C33H33N5O4. The van der Waals surface area contributed by atoms with Gasteiger partial charge in [0.1, 0.15) is 12.4 Å². The number of ether oxygens (including phenoxy) is 2. The summed E-state index contributed by atoms with van der Waals surface area (Å²) in [6.07, 6.45) is 5.03. The molecule has 2 saturated heterocycles. The summed E-state index contributed by atoms with van der Waals surface area (Å²) in [7, 11) is 0. The van der Waals surface area contributed by atoms with Crippen LogP contribution < -0.4 is 4.74 Å². The number of aromatic carboxylic acids is 1. The Morgan fingerprint density at radius 1 is 0.976 bits per heavy atom. The fourth-order valence-electron chi connectivity index (χ4n) is 5.94. The zero-order valence-corrected chi connectivity index (χ0v) is 23.4. The molecule has 5 heterocycles. The van der Waals surface area contributed by atoms with Crippen LogP contribution in [0.25, 0.3) is 21.9 Å². The third kappa shape index (κ3) is 5.57. The summed E-state index contributed by atoms with van der Waals surface area (Å²) in [6, 6.07) is 21.4. The summed E-state index contributed by atoms with van der Waals surface area (Å²) in [5.41, 5.74) is 5.02. The second-order valence-electron chi connectivity index (χ2n) is 11.2. The van der Waals surface area contributed by atoms with Crippen LogP contribution in [0.4, 0.5) is 0 Å². The number of hydrogen-bond donors (Lipinski definition) is 1. The first-order valence-electron chi connectivity index (χ1n) is 14.6. The van der Waals surface area contributed by atoms with Gasteiger partial charge in [-0.2, -0.15) is 0 Å². The van der Waals surface area contributed by atoms with Gasteiger partial charge in [-0.3, -0.25) is 9.88 Å². The highest BCUT2D eigenvalue weighted by molar-refractivity contribution is 5.92. The van der Waals surface area contributed by atoms with Crippen LogP contribution in [0, 0.1) is 0 Å². The van der Waals surface area contributed by atoms with Gasteiger partial charge in [-0.15, -0.1) is 0 Å². The van der Waals surface area contributed by atoms with Crippen molar-refractivity contribution >= 4 is 27.9 Å². The lowest BCUT2D eigenvalue weighted by molar-refractivity contribution is -0.0592. The van der Waals surface area contributed by atoms with Crippen molar-refractivity contribution < 1.29 is 19.4 Å². The van der Waals surface area contributed by atoms with Gasteiger partial charge in [-0.25, -0.2) is 14.8 Å². The SMILES string of the molecule is O=C(O)c1ccc2nc(CN3CCC(c4cccc(OCc5cnc6ccccc6c5)n4)CC3)n(C[C@@H]3CCO3)c2c1. The number of hydrogen-bond acceptors (Lipinski definition) is 7. The molecule has 0 aliphatic carbocycles. The summed E-state index contributed by atoms with van der Waals surface area (Å²) in [5.74, 6) is 1.03. The van der Waals surface area contributed by atoms with Crippen molar-refractivity contribution in [2.75, 3.05) is 19.7 Å². The molecule has 2 aromatic carbocycles. The zero-order valence-electron chi connectivity index (χ0n) is 23.4. The Kier molecular flexibility index (Phi) is 7.27. The third-order valence-electron chi connectivity index (χ3n) is 8.40. The Bertz CT molecular complexity index is 1740. The molecule has 3 aromatic heterocycles. The van der Waals surface area contributed by atoms with Crippen molar-refractivity contribution in [3.63, 3.8) is 0 Å². The topological polar surface area (TPSA) is 103 Å². The molecule has 5 aromatic rings. The number of pyridine rings is 2. The van der Waals surface area contributed by atoms with Crippen LogP contribution in [0.1, 0.15) is 52.6 Å². The number of imidazole rings is 1. The maximum atomic E-state index is 11.6. The van der Waals surface area contributed by atoms with E-state index < -0.39 is 5.97 Å². The molecule has 2 aliphatic heterocycles. The summed E-state index contributed by atoms with van der Waals surface area (Å²) in [6.45, 7) is 4.48. The Balaban J connectivity index is 1.000. The molecule has 9 heteroatoms. The smallest absolute Gasteiger partial charge is 0.335 e. The number of aromatic nitrogens is 4. The van der Waals surface area contributed by atoms with Gasteiger partial charge in [0.2, 0.25) is 5.88 Å². The zero-order chi connectivity index (χ0) is 28.5. The first-order chi connectivity index (χ1) is 20.6. The Morgan fingerprint density at radius 2 is 1.83 bits per heavy atom. The van der Waals surface area contributed by atoms with E-state index in [0.29, 0.717) is 31.5 Å². The Morgan fingerprint density at radius 3 is 2.64 bits per heavy atom. The van der Waals surface area contributed by atoms with Crippen LogP contribution in [0.2, 0.25) is 0 Å². The van der Waals surface area contributed by atoms with E-state index in [1.165, 1.54) is 0 Å². The number of piperidine rings is 1. The lowest BCUT2D eigenvalue weighted by Gasteiger charge is -2.32. The molecule has 0 amide bonds. The highest BCUT2D eigenvalue weighted by Crippen LogP contribution is 2.30. The van der Waals surface area contributed by atoms with E-state index >= 15 is 0 Å². The number of carboxylic acid groups (broad SMARTS) is 1. The van der Waals surface area contributed by atoms with Crippen LogP contribution in [0.5, 0.6) is 5.88 Å². The predicted octanol–water partition coefficient (Wildman–Crippen LogP) is 5.43. The van der Waals surface area contributed by atoms with Crippen LogP contribution in [-0.2, 0) is 24.4 Å². The summed E-state index contributed by atoms with van der Waals surface area (Å²) < 4.78 is 13.9. The van der Waals surface area contributed by atoms with E-state index in [9.17, 15) is 9.90 Å². The average molecular weight is 564 g/mol. The Hall–Kier alpha value is -4.34. The van der Waals surface area contributed by atoms with Crippen LogP contribution in [-0.4, -0.2) is 61.3 Å². The highest BCUT2D eigenvalue weighted by atomic mass is 16.5. The van der Waals surface area contributed by atoms with Gasteiger partial charge in [-0.1, -0.05) is 24.3 Å². The van der Waals surface area contributed by atoms with E-state index in [2.05, 4.69) is 32.7 Å². The van der Waals surface area contributed by atoms with Gasteiger partial charge >= 0.3 is 5.97 Å². The second-order valence-corrected chi connectivity index (χ2v) is 11.2. The predicted molar refractivity (Wildman–Crippen MR) is 159 cm³/mol. The molecule has 0 spiro atoms. The van der Waals surface area contributed by atoms with E-state index in [0.717, 1.165) is 78.0 Å². The number of likely N-dealkylation sites (tertiary alicyclic amines) is 1. The fourth-order valence-corrected chi connectivity index (χ4v) is 5.94. The molecule has 214 valence electrons. The summed E-state index contributed by atoms with van der Waals surface area (Å²) in [4.78, 5) is 28.3. The van der Waals surface area contributed by atoms with Gasteiger partial charge in [0.05, 0.1) is 41.3 Å². The lowest BCUT2D eigenvalue weighted by atomic mass is 9.93. The molecule has 2 aliphatic rings. The van der Waals surface area contributed by atoms with Gasteiger partial charge in [-0.05, 0) is 68.8 Å². The summed E-state index contributed by atoms with van der Waals surface area (Å²) >= 11 is 0. The molecule has 0 radical (unpaired) electrons. The first-order valence-corrected chi connectivity index (χ1v) is 14.6. The maximum absolute atomic E-state index is 11.6. The number of fused-ring (bicyclic) bond motifs is 2. The monoisotopic (exact) mass is 563 g/mol. The van der Waals surface area contributed by atoms with Crippen molar-refractivity contribution in [1.82, 2.24) is 24.4 Å². The van der Waals surface area contributed by atoms with Gasteiger partial charge in [0.25, 0.3) is 0 Å². The van der Waals surface area contributed by atoms with Crippen molar-refractivity contribution in [3.8, 4) is 5.88 Å². The van der Waals surface area contributed by atoms with E-state index in [1.807, 2.05) is 42.6 Å². The molecule has 0 unspecified atom stereocenters. The molecule has 0 bridgehead atoms. The van der Waals surface area contributed by atoms with Crippen molar-refractivity contribution in [1.29, 1.82) is 0 Å². The molecule has 42 heavy (non-hydrogen) atoms. The number of carboxylic acids is 1. The largest absolute Gasteiger partial charge is 0.478 e.